The molecule has 0 saturated carbocycles. The van der Waals surface area contributed by atoms with Crippen molar-refractivity contribution in [3.8, 4) is 11.5 Å². The maximum absolute atomic E-state index is 12.9. The topological polar surface area (TPSA) is 111 Å². The van der Waals surface area contributed by atoms with E-state index in [1.807, 2.05) is 12.1 Å². The molecule has 1 aliphatic heterocycles. The highest BCUT2D eigenvalue weighted by atomic mass is 32.2. The van der Waals surface area contributed by atoms with Crippen molar-refractivity contribution in [2.45, 2.75) is 51.4 Å². The average Bonchev–Trinajstić information content (AvgIpc) is 3.39. The first-order chi connectivity index (χ1) is 18.3. The molecule has 2 heterocycles. The van der Waals surface area contributed by atoms with Crippen LogP contribution in [0.4, 0.5) is 5.00 Å². The Bertz CT molecular complexity index is 1290. The minimum atomic E-state index is -0.483. The Morgan fingerprint density at radius 1 is 1.13 bits per heavy atom. The van der Waals surface area contributed by atoms with Gasteiger partial charge in [0.05, 0.1) is 24.7 Å². The molecule has 2 aromatic rings. The summed E-state index contributed by atoms with van der Waals surface area (Å²) in [5.41, 5.74) is 7.92. The van der Waals surface area contributed by atoms with Crippen LogP contribution in [0.5, 0.6) is 11.5 Å². The molecule has 3 amide bonds. The normalized spacial score (nSPS) is 16.1. The van der Waals surface area contributed by atoms with E-state index in [0.29, 0.717) is 50.7 Å². The van der Waals surface area contributed by atoms with Crippen LogP contribution in [0.1, 0.15) is 64.9 Å². The number of thiocarbonyl (C=S) groups is 1. The predicted molar refractivity (Wildman–Crippen MR) is 156 cm³/mol. The van der Waals surface area contributed by atoms with Crippen molar-refractivity contribution in [2.24, 2.45) is 5.73 Å². The number of methoxy groups -OCH3 is 2. The molecule has 0 atom stereocenters. The smallest absolute Gasteiger partial charge is 0.266 e. The number of carbonyl (C=O) groups excluding carboxylic acids is 3. The molecule has 2 aliphatic rings. The summed E-state index contributed by atoms with van der Waals surface area (Å²) in [7, 11) is 3.14. The molecule has 0 spiro atoms. The van der Waals surface area contributed by atoms with Crippen LogP contribution in [-0.2, 0) is 22.4 Å². The molecule has 11 heteroatoms. The minimum absolute atomic E-state index is 0.117. The number of thioether (sulfide) groups is 1. The maximum atomic E-state index is 12.9. The van der Waals surface area contributed by atoms with Crippen molar-refractivity contribution in [3.05, 3.63) is 44.7 Å². The summed E-state index contributed by atoms with van der Waals surface area (Å²) >= 11 is 8.20. The van der Waals surface area contributed by atoms with Crippen LogP contribution in [0.2, 0.25) is 0 Å². The summed E-state index contributed by atoms with van der Waals surface area (Å²) in [6.07, 6.45) is 8.18. The van der Waals surface area contributed by atoms with Gasteiger partial charge in [0.2, 0.25) is 5.91 Å². The Kier molecular flexibility index (Phi) is 9.45. The van der Waals surface area contributed by atoms with Gasteiger partial charge in [0.15, 0.2) is 11.5 Å². The molecule has 202 valence electrons. The highest BCUT2D eigenvalue weighted by Crippen LogP contribution is 2.38. The van der Waals surface area contributed by atoms with Crippen LogP contribution < -0.4 is 20.5 Å². The number of fused-ring (bicyclic) bond motifs is 1. The number of thiophene rings is 1. The van der Waals surface area contributed by atoms with Gasteiger partial charge in [-0.3, -0.25) is 19.3 Å². The summed E-state index contributed by atoms with van der Waals surface area (Å²) < 4.78 is 11.1. The van der Waals surface area contributed by atoms with E-state index in [4.69, 9.17) is 27.4 Å². The van der Waals surface area contributed by atoms with Crippen LogP contribution in [0.3, 0.4) is 0 Å². The van der Waals surface area contributed by atoms with Crippen LogP contribution in [0.15, 0.2) is 23.1 Å². The second-order valence-corrected chi connectivity index (χ2v) is 11.9. The second-order valence-electron chi connectivity index (χ2n) is 9.09. The molecule has 3 N–H and O–H groups in total. The average molecular weight is 574 g/mol. The highest BCUT2D eigenvalue weighted by Gasteiger charge is 2.31. The Balaban J connectivity index is 1.25. The molecule has 4 rings (SSSR count). The van der Waals surface area contributed by atoms with E-state index in [9.17, 15) is 14.4 Å². The Labute approximate surface area is 235 Å². The molecule has 0 radical (unpaired) electrons. The SMILES string of the molecule is COc1ccc(/C=C2\SC(=S)N(CCCCCC(=O)Nc3sc4c(c3C(N)=O)CCCC4)C2=O)cc1OC. The molecular formula is C27H31N3O5S3. The number of amides is 3. The van der Waals surface area contributed by atoms with E-state index in [1.54, 1.807) is 31.3 Å². The van der Waals surface area contributed by atoms with Gasteiger partial charge in [-0.25, -0.2) is 0 Å². The lowest BCUT2D eigenvalue weighted by molar-refractivity contribution is -0.122. The van der Waals surface area contributed by atoms with Crippen molar-refractivity contribution < 1.29 is 23.9 Å². The summed E-state index contributed by atoms with van der Waals surface area (Å²) in [5.74, 6) is 0.477. The number of hydrogen-bond acceptors (Lipinski definition) is 8. The largest absolute Gasteiger partial charge is 0.493 e. The molecule has 1 saturated heterocycles. The van der Waals surface area contributed by atoms with E-state index in [2.05, 4.69) is 5.32 Å². The molecule has 1 aromatic carbocycles. The van der Waals surface area contributed by atoms with E-state index < -0.39 is 5.91 Å². The van der Waals surface area contributed by atoms with Gasteiger partial charge in [0.1, 0.15) is 9.32 Å². The number of nitrogens with two attached hydrogens (primary N) is 1. The standard InChI is InChI=1S/C27H31N3O5S3/c1-34-18-12-11-16(14-19(18)35-2)15-21-26(33)30(27(36)38-21)13-7-3-4-10-22(31)29-25-23(24(28)32)17-8-5-6-9-20(17)37-25/h11-12,14-15H,3-10,13H2,1-2H3,(H2,28,32)(H,29,31)/b21-15-. The van der Waals surface area contributed by atoms with E-state index >= 15 is 0 Å². The number of carbonyl (C=O) groups is 3. The monoisotopic (exact) mass is 573 g/mol. The van der Waals surface area contributed by atoms with Crippen molar-refractivity contribution in [2.75, 3.05) is 26.1 Å². The van der Waals surface area contributed by atoms with E-state index in [1.165, 1.54) is 23.1 Å². The first kappa shape index (κ1) is 28.1. The summed E-state index contributed by atoms with van der Waals surface area (Å²) in [5, 5.41) is 3.48. The number of unbranched alkanes of at least 4 members (excludes halogenated alkanes) is 2. The Morgan fingerprint density at radius 2 is 1.89 bits per heavy atom. The molecule has 8 nitrogen and oxygen atoms in total. The number of nitrogens with zero attached hydrogens (tertiary/aromatic N) is 1. The van der Waals surface area contributed by atoms with Gasteiger partial charge in [0, 0.05) is 17.8 Å². The number of rotatable bonds is 11. The molecule has 0 unspecified atom stereocenters. The third-order valence-corrected chi connectivity index (χ3v) is 9.12. The van der Waals surface area contributed by atoms with Crippen LogP contribution in [0.25, 0.3) is 6.08 Å². The quantitative estimate of drug-likeness (QED) is 0.217. The molecule has 38 heavy (non-hydrogen) atoms. The van der Waals surface area contributed by atoms with Crippen LogP contribution in [-0.4, -0.2) is 47.7 Å². The first-order valence-electron chi connectivity index (χ1n) is 12.5. The lowest BCUT2D eigenvalue weighted by Crippen LogP contribution is -2.29. The van der Waals surface area contributed by atoms with Crippen molar-refractivity contribution in [1.29, 1.82) is 0 Å². The Hall–Kier alpha value is -2.89. The number of anilines is 1. The maximum Gasteiger partial charge on any atom is 0.266 e. The van der Waals surface area contributed by atoms with Gasteiger partial charge in [0.25, 0.3) is 11.8 Å². The molecule has 1 fully saturated rings. The molecule has 1 aliphatic carbocycles. The second kappa shape index (κ2) is 12.8. The number of ether oxygens (including phenoxy) is 2. The fourth-order valence-corrected chi connectivity index (χ4v) is 7.24. The van der Waals surface area contributed by atoms with E-state index in [0.717, 1.165) is 54.5 Å². The highest BCUT2D eigenvalue weighted by molar-refractivity contribution is 8.26. The number of benzene rings is 1. The van der Waals surface area contributed by atoms with Crippen LogP contribution in [0, 0.1) is 0 Å². The predicted octanol–water partition coefficient (Wildman–Crippen LogP) is 5.14. The lowest BCUT2D eigenvalue weighted by atomic mass is 9.95. The van der Waals surface area contributed by atoms with Crippen molar-refractivity contribution >= 4 is 68.4 Å². The zero-order chi connectivity index (χ0) is 27.2. The Morgan fingerprint density at radius 3 is 2.63 bits per heavy atom. The number of aryl methyl sites for hydroxylation is 1. The summed E-state index contributed by atoms with van der Waals surface area (Å²) in [6.45, 7) is 0.499. The number of hydrogen-bond donors (Lipinski definition) is 2. The van der Waals surface area contributed by atoms with Gasteiger partial charge in [-0.1, -0.05) is 36.5 Å². The lowest BCUT2D eigenvalue weighted by Gasteiger charge is -2.14. The first-order valence-corrected chi connectivity index (χ1v) is 14.6. The fraction of sp³-hybridized carbons (Fsp3) is 0.407. The number of primary amides is 1. The van der Waals surface area contributed by atoms with Gasteiger partial charge < -0.3 is 20.5 Å². The molecular weight excluding hydrogens is 543 g/mol. The van der Waals surface area contributed by atoms with Crippen LogP contribution >= 0.6 is 35.3 Å². The molecule has 1 aromatic heterocycles. The zero-order valence-corrected chi connectivity index (χ0v) is 23.9. The minimum Gasteiger partial charge on any atom is -0.493 e. The van der Waals surface area contributed by atoms with Gasteiger partial charge in [-0.2, -0.15) is 0 Å². The zero-order valence-electron chi connectivity index (χ0n) is 21.5. The van der Waals surface area contributed by atoms with Crippen molar-refractivity contribution in [1.82, 2.24) is 4.90 Å². The summed E-state index contributed by atoms with van der Waals surface area (Å²) in [4.78, 5) is 40.8. The third-order valence-electron chi connectivity index (χ3n) is 6.54. The van der Waals surface area contributed by atoms with Gasteiger partial charge in [-0.05, 0) is 67.9 Å². The van der Waals surface area contributed by atoms with Crippen molar-refractivity contribution in [3.63, 3.8) is 0 Å². The third kappa shape index (κ3) is 6.39. The number of nitrogens with one attached hydrogen (secondary N) is 1. The fourth-order valence-electron chi connectivity index (χ4n) is 4.62. The van der Waals surface area contributed by atoms with Gasteiger partial charge >= 0.3 is 0 Å². The molecule has 0 bridgehead atoms. The van der Waals surface area contributed by atoms with Gasteiger partial charge in [-0.15, -0.1) is 11.3 Å². The summed E-state index contributed by atoms with van der Waals surface area (Å²) in [6, 6.07) is 5.47. The van der Waals surface area contributed by atoms with E-state index in [-0.39, 0.29) is 11.8 Å².